The summed E-state index contributed by atoms with van der Waals surface area (Å²) < 4.78 is 17.1. The average Bonchev–Trinajstić information content (AvgIpc) is 3.31. The lowest BCUT2D eigenvalue weighted by molar-refractivity contribution is -0.278. The number of aliphatic hydroxyl groups excluding tert-OH is 4. The van der Waals surface area contributed by atoms with Crippen LogP contribution in [0.25, 0.3) is 0 Å². The summed E-state index contributed by atoms with van der Waals surface area (Å²) in [6, 6.07) is 7.60. The van der Waals surface area contributed by atoms with E-state index in [1.165, 1.54) is 0 Å². The first-order chi connectivity index (χ1) is 18.3. The molecule has 0 saturated carbocycles. The first-order valence-corrected chi connectivity index (χ1v) is 12.4. The topological polar surface area (TPSA) is 197 Å². The van der Waals surface area contributed by atoms with Crippen molar-refractivity contribution in [3.05, 3.63) is 41.1 Å². The zero-order chi connectivity index (χ0) is 27.7. The molecule has 1 saturated heterocycles. The third-order valence-electron chi connectivity index (χ3n) is 6.10. The predicted molar refractivity (Wildman–Crippen MR) is 137 cm³/mol. The van der Waals surface area contributed by atoms with Crippen molar-refractivity contribution >= 4 is 5.96 Å². The molecule has 0 amide bonds. The molecule has 1 aromatic carbocycles. The largest absolute Gasteiger partial charge is 0.494 e. The molecule has 3 rings (SSSR count). The molecule has 0 aliphatic carbocycles. The lowest BCUT2D eigenvalue weighted by Crippen LogP contribution is -2.60. The van der Waals surface area contributed by atoms with Gasteiger partial charge in [-0.2, -0.15) is 5.26 Å². The minimum absolute atomic E-state index is 0.0995. The molecule has 2 aromatic rings. The number of nitrogens with zero attached hydrogens (tertiary/aromatic N) is 3. The van der Waals surface area contributed by atoms with E-state index in [0.717, 1.165) is 16.8 Å². The van der Waals surface area contributed by atoms with Gasteiger partial charge >= 0.3 is 0 Å². The minimum atomic E-state index is -1.54. The first kappa shape index (κ1) is 29.2. The second kappa shape index (κ2) is 13.9. The monoisotopic (exact) mass is 532 g/mol. The Bertz CT molecular complexity index is 1080. The second-order valence-corrected chi connectivity index (χ2v) is 9.15. The van der Waals surface area contributed by atoms with E-state index in [9.17, 15) is 20.4 Å². The zero-order valence-electron chi connectivity index (χ0n) is 21.7. The van der Waals surface area contributed by atoms with Crippen molar-refractivity contribution in [3.8, 4) is 17.8 Å². The van der Waals surface area contributed by atoms with Crippen LogP contribution in [0.15, 0.2) is 29.3 Å². The van der Waals surface area contributed by atoms with E-state index in [-0.39, 0.29) is 11.8 Å². The van der Waals surface area contributed by atoms with Crippen LogP contribution in [0.2, 0.25) is 0 Å². The summed E-state index contributed by atoms with van der Waals surface area (Å²) in [7, 11) is 1.59. The number of hydrogen-bond acceptors (Lipinski definition) is 10. The molecule has 7 N–H and O–H groups in total. The van der Waals surface area contributed by atoms with Crippen LogP contribution in [-0.4, -0.2) is 94.1 Å². The Kier molecular flexibility index (Phi) is 10.7. The van der Waals surface area contributed by atoms with Crippen LogP contribution in [0, 0.1) is 11.5 Å². The summed E-state index contributed by atoms with van der Waals surface area (Å²) >= 11 is 0. The van der Waals surface area contributed by atoms with Gasteiger partial charge in [-0.1, -0.05) is 26.0 Å². The normalized spacial score (nSPS) is 23.7. The van der Waals surface area contributed by atoms with Crippen LogP contribution in [-0.2, 0) is 11.2 Å². The molecule has 1 fully saturated rings. The summed E-state index contributed by atoms with van der Waals surface area (Å²) in [5.74, 6) is 1.42. The molecule has 13 nitrogen and oxygen atoms in total. The lowest BCUT2D eigenvalue weighted by Gasteiger charge is -2.39. The Hall–Kier alpha value is -3.41. The maximum atomic E-state index is 10.4. The van der Waals surface area contributed by atoms with E-state index < -0.39 is 37.3 Å². The number of nitriles is 1. The van der Waals surface area contributed by atoms with Gasteiger partial charge in [0.2, 0.25) is 18.1 Å². The van der Waals surface area contributed by atoms with E-state index >= 15 is 0 Å². The van der Waals surface area contributed by atoms with Crippen molar-refractivity contribution < 1.29 is 34.6 Å². The molecule has 1 aliphatic heterocycles. The van der Waals surface area contributed by atoms with Crippen LogP contribution < -0.4 is 20.1 Å². The van der Waals surface area contributed by atoms with Crippen molar-refractivity contribution in [2.24, 2.45) is 4.99 Å². The molecule has 1 aliphatic rings. The first-order valence-electron chi connectivity index (χ1n) is 12.4. The standard InChI is InChI=1S/C25H36N6O7/c1-14(2)19-17(23(31-30-19)38-24-22(35)21(34)20(33)18(12-32)37-24)11-15-5-7-16(8-6-15)36-10-4-9-28-25(27-3)29-13-26/h5-8,14,18,20-22,24,32-35H,4,9-12H2,1-3H3,(H,30,31)(H2,27,28,29)/t18-,20-,21+,22-,24+/m1/s1. The predicted octanol–water partition coefficient (Wildman–Crippen LogP) is -0.282. The van der Waals surface area contributed by atoms with Crippen LogP contribution in [0.1, 0.15) is 43.0 Å². The fourth-order valence-corrected chi connectivity index (χ4v) is 3.99. The Morgan fingerprint density at radius 2 is 1.95 bits per heavy atom. The van der Waals surface area contributed by atoms with E-state index in [1.807, 2.05) is 44.3 Å². The number of aliphatic hydroxyl groups is 4. The van der Waals surface area contributed by atoms with Crippen molar-refractivity contribution in [1.82, 2.24) is 20.8 Å². The number of aliphatic imine (C=N–C) groups is 1. The Morgan fingerprint density at radius 1 is 1.21 bits per heavy atom. The van der Waals surface area contributed by atoms with Gasteiger partial charge in [0.25, 0.3) is 0 Å². The minimum Gasteiger partial charge on any atom is -0.494 e. The molecule has 0 radical (unpaired) electrons. The van der Waals surface area contributed by atoms with E-state index in [2.05, 4.69) is 25.8 Å². The van der Waals surface area contributed by atoms with E-state index in [4.69, 9.17) is 19.5 Å². The van der Waals surface area contributed by atoms with Crippen LogP contribution in [0.3, 0.4) is 0 Å². The lowest BCUT2D eigenvalue weighted by atomic mass is 9.98. The van der Waals surface area contributed by atoms with Crippen molar-refractivity contribution in [2.45, 2.75) is 63.3 Å². The van der Waals surface area contributed by atoms with Crippen LogP contribution >= 0.6 is 0 Å². The quantitative estimate of drug-likeness (QED) is 0.0660. The molecule has 2 heterocycles. The molecule has 0 bridgehead atoms. The molecule has 208 valence electrons. The SMILES string of the molecule is CN=C(NC#N)NCCCOc1ccc(Cc2c(O[C@@H]3O[C@H](CO)[C@@H](O)[C@H](O)[C@H]3O)n[nH]c2C(C)C)cc1. The summed E-state index contributed by atoms with van der Waals surface area (Å²) in [4.78, 5) is 3.91. The highest BCUT2D eigenvalue weighted by molar-refractivity contribution is 5.80. The fraction of sp³-hybridized carbons (Fsp3) is 0.560. The van der Waals surface area contributed by atoms with Crippen LogP contribution in [0.5, 0.6) is 11.6 Å². The number of hydrogen-bond donors (Lipinski definition) is 7. The molecule has 0 spiro atoms. The van der Waals surface area contributed by atoms with Gasteiger partial charge in [-0.15, -0.1) is 5.10 Å². The zero-order valence-corrected chi connectivity index (χ0v) is 21.7. The Balaban J connectivity index is 1.62. The third kappa shape index (κ3) is 7.33. The maximum absolute atomic E-state index is 10.4. The molecule has 13 heteroatoms. The average molecular weight is 533 g/mol. The van der Waals surface area contributed by atoms with Crippen LogP contribution in [0.4, 0.5) is 0 Å². The highest BCUT2D eigenvalue weighted by Crippen LogP contribution is 2.31. The number of guanidine groups is 1. The molecule has 0 unspecified atom stereocenters. The number of aromatic nitrogens is 2. The van der Waals surface area contributed by atoms with Crippen molar-refractivity contribution in [2.75, 3.05) is 26.8 Å². The summed E-state index contributed by atoms with van der Waals surface area (Å²) in [5, 5.41) is 61.2. The van der Waals surface area contributed by atoms with Gasteiger partial charge in [-0.05, 0) is 30.0 Å². The highest BCUT2D eigenvalue weighted by Gasteiger charge is 2.45. The van der Waals surface area contributed by atoms with Gasteiger partial charge in [0.05, 0.1) is 13.2 Å². The maximum Gasteiger partial charge on any atom is 0.238 e. The van der Waals surface area contributed by atoms with Gasteiger partial charge in [0, 0.05) is 31.3 Å². The molecular formula is C25H36N6O7. The number of benzene rings is 1. The molecule has 38 heavy (non-hydrogen) atoms. The van der Waals surface area contributed by atoms with E-state index in [0.29, 0.717) is 37.7 Å². The summed E-state index contributed by atoms with van der Waals surface area (Å²) in [6.07, 6.45) is -3.97. The van der Waals surface area contributed by atoms with Gasteiger partial charge in [0.15, 0.2) is 6.19 Å². The molecule has 5 atom stereocenters. The van der Waals surface area contributed by atoms with E-state index in [1.54, 1.807) is 7.05 Å². The fourth-order valence-electron chi connectivity index (χ4n) is 3.99. The number of H-pyrrole nitrogens is 1. The van der Waals surface area contributed by atoms with Gasteiger partial charge in [-0.3, -0.25) is 15.4 Å². The highest BCUT2D eigenvalue weighted by atomic mass is 16.7. The second-order valence-electron chi connectivity index (χ2n) is 9.15. The summed E-state index contributed by atoms with van der Waals surface area (Å²) in [5.41, 5.74) is 2.57. The number of aromatic amines is 1. The van der Waals surface area contributed by atoms with Gasteiger partial charge in [0.1, 0.15) is 30.2 Å². The Labute approximate surface area is 221 Å². The number of ether oxygens (including phenoxy) is 3. The van der Waals surface area contributed by atoms with Crippen molar-refractivity contribution in [3.63, 3.8) is 0 Å². The smallest absolute Gasteiger partial charge is 0.238 e. The Morgan fingerprint density at radius 3 is 2.58 bits per heavy atom. The van der Waals surface area contributed by atoms with Crippen molar-refractivity contribution in [1.29, 1.82) is 5.26 Å². The molecular weight excluding hydrogens is 496 g/mol. The number of nitrogens with one attached hydrogen (secondary N) is 3. The third-order valence-corrected chi connectivity index (χ3v) is 6.10. The van der Waals surface area contributed by atoms with Gasteiger partial charge in [-0.25, -0.2) is 0 Å². The van der Waals surface area contributed by atoms with Gasteiger partial charge < -0.3 is 40.0 Å². The number of rotatable bonds is 11. The summed E-state index contributed by atoms with van der Waals surface area (Å²) in [6.45, 7) is 4.53. The molecule has 1 aromatic heterocycles.